The molecule has 5 nitrogen and oxygen atoms in total. The summed E-state index contributed by atoms with van der Waals surface area (Å²) in [7, 11) is 1.55. The van der Waals surface area contributed by atoms with Crippen molar-refractivity contribution in [3.63, 3.8) is 0 Å². The maximum atomic E-state index is 11.1. The smallest absolute Gasteiger partial charge is 0.339 e. The average molecular weight is 323 g/mol. The zero-order valence-electron chi connectivity index (χ0n) is 10.1. The van der Waals surface area contributed by atoms with Crippen LogP contribution in [-0.4, -0.2) is 23.2 Å². The second-order valence-corrected chi connectivity index (χ2v) is 4.61. The van der Waals surface area contributed by atoms with Crippen molar-refractivity contribution in [1.29, 1.82) is 0 Å². The molecule has 2 rings (SSSR count). The van der Waals surface area contributed by atoms with E-state index in [4.69, 9.17) is 9.84 Å². The van der Waals surface area contributed by atoms with Crippen molar-refractivity contribution in [2.45, 2.75) is 0 Å². The van der Waals surface area contributed by atoms with E-state index >= 15 is 0 Å². The highest BCUT2D eigenvalue weighted by molar-refractivity contribution is 9.10. The lowest BCUT2D eigenvalue weighted by molar-refractivity contribution is 0.0697. The summed E-state index contributed by atoms with van der Waals surface area (Å²) in [5, 5.41) is 12.1. The van der Waals surface area contributed by atoms with Crippen LogP contribution in [0.15, 0.2) is 41.1 Å². The van der Waals surface area contributed by atoms with Gasteiger partial charge in [0, 0.05) is 16.9 Å². The highest BCUT2D eigenvalue weighted by atomic mass is 79.9. The van der Waals surface area contributed by atoms with E-state index in [0.29, 0.717) is 17.1 Å². The number of carboxylic acids is 1. The van der Waals surface area contributed by atoms with Crippen molar-refractivity contribution in [1.82, 2.24) is 4.98 Å². The fourth-order valence-corrected chi connectivity index (χ4v) is 1.96. The lowest BCUT2D eigenvalue weighted by atomic mass is 10.2. The number of hydrogen-bond acceptors (Lipinski definition) is 4. The van der Waals surface area contributed by atoms with Gasteiger partial charge in [-0.3, -0.25) is 4.98 Å². The molecule has 0 fully saturated rings. The quantitative estimate of drug-likeness (QED) is 0.903. The molecule has 0 aliphatic carbocycles. The van der Waals surface area contributed by atoms with Gasteiger partial charge in [-0.05, 0) is 24.3 Å². The number of benzene rings is 1. The molecule has 1 heterocycles. The molecule has 0 aliphatic heterocycles. The number of ether oxygens (including phenoxy) is 1. The van der Waals surface area contributed by atoms with Gasteiger partial charge in [0.05, 0.1) is 18.5 Å². The number of hydrogen-bond donors (Lipinski definition) is 2. The fraction of sp³-hybridized carbons (Fsp3) is 0.0769. The third-order valence-corrected chi connectivity index (χ3v) is 2.98. The van der Waals surface area contributed by atoms with E-state index in [-0.39, 0.29) is 5.56 Å². The van der Waals surface area contributed by atoms with Gasteiger partial charge in [-0.15, -0.1) is 0 Å². The molecule has 0 aliphatic rings. The molecule has 0 saturated heterocycles. The van der Waals surface area contributed by atoms with Gasteiger partial charge in [0.25, 0.3) is 0 Å². The normalized spacial score (nSPS) is 10.0. The molecule has 19 heavy (non-hydrogen) atoms. The van der Waals surface area contributed by atoms with Crippen LogP contribution in [0.5, 0.6) is 5.75 Å². The van der Waals surface area contributed by atoms with Gasteiger partial charge >= 0.3 is 5.97 Å². The van der Waals surface area contributed by atoms with Crippen LogP contribution < -0.4 is 10.1 Å². The molecule has 0 spiro atoms. The Balaban J connectivity index is 2.41. The van der Waals surface area contributed by atoms with Crippen LogP contribution >= 0.6 is 15.9 Å². The van der Waals surface area contributed by atoms with Gasteiger partial charge in [-0.2, -0.15) is 0 Å². The minimum atomic E-state index is -1.04. The van der Waals surface area contributed by atoms with E-state index in [1.807, 2.05) is 12.1 Å². The minimum absolute atomic E-state index is 0.101. The Morgan fingerprint density at radius 3 is 2.84 bits per heavy atom. The van der Waals surface area contributed by atoms with Crippen LogP contribution in [0.3, 0.4) is 0 Å². The predicted octanol–water partition coefficient (Wildman–Crippen LogP) is 3.29. The van der Waals surface area contributed by atoms with E-state index in [2.05, 4.69) is 26.2 Å². The molecule has 0 saturated carbocycles. The van der Waals surface area contributed by atoms with E-state index in [0.717, 1.165) is 4.47 Å². The first kappa shape index (κ1) is 13.4. The van der Waals surface area contributed by atoms with E-state index in [9.17, 15) is 4.79 Å². The Hall–Kier alpha value is -2.08. The summed E-state index contributed by atoms with van der Waals surface area (Å²) in [5.41, 5.74) is 1.23. The van der Waals surface area contributed by atoms with Gasteiger partial charge in [-0.1, -0.05) is 15.9 Å². The van der Waals surface area contributed by atoms with Gasteiger partial charge < -0.3 is 15.2 Å². The fourth-order valence-electron chi connectivity index (χ4n) is 1.60. The summed E-state index contributed by atoms with van der Waals surface area (Å²) < 4.78 is 6.09. The molecule has 98 valence electrons. The zero-order valence-corrected chi connectivity index (χ0v) is 11.6. The lowest BCUT2D eigenvalue weighted by Crippen LogP contribution is -2.04. The third-order valence-electron chi connectivity index (χ3n) is 2.48. The maximum Gasteiger partial charge on any atom is 0.339 e. The Kier molecular flexibility index (Phi) is 4.01. The Morgan fingerprint density at radius 1 is 1.37 bits per heavy atom. The van der Waals surface area contributed by atoms with Crippen molar-refractivity contribution in [3.05, 3.63) is 46.7 Å². The van der Waals surface area contributed by atoms with Gasteiger partial charge in [0.2, 0.25) is 0 Å². The standard InChI is InChI=1S/C13H11BrN2O3/c1-19-12-3-2-8(14)6-11(12)16-10-4-5-15-7-9(10)13(17)18/h2-7H,1H3,(H,15,16)(H,17,18). The first-order chi connectivity index (χ1) is 9.11. The summed E-state index contributed by atoms with van der Waals surface area (Å²) in [5.74, 6) is -0.416. The van der Waals surface area contributed by atoms with Crippen LogP contribution in [0.1, 0.15) is 10.4 Å². The van der Waals surface area contributed by atoms with Crippen molar-refractivity contribution >= 4 is 33.3 Å². The second-order valence-electron chi connectivity index (χ2n) is 3.70. The van der Waals surface area contributed by atoms with Gasteiger partial charge in [0.15, 0.2) is 0 Å². The number of carboxylic acid groups (broad SMARTS) is 1. The molecule has 0 unspecified atom stereocenters. The number of carbonyl (C=O) groups is 1. The number of anilines is 2. The predicted molar refractivity (Wildman–Crippen MR) is 75.2 cm³/mol. The molecule has 2 N–H and O–H groups in total. The molecule has 1 aromatic heterocycles. The number of rotatable bonds is 4. The number of nitrogens with zero attached hydrogens (tertiary/aromatic N) is 1. The summed E-state index contributed by atoms with van der Waals surface area (Å²) in [6.07, 6.45) is 2.83. The minimum Gasteiger partial charge on any atom is -0.495 e. The van der Waals surface area contributed by atoms with Crippen LogP contribution in [0.4, 0.5) is 11.4 Å². The zero-order chi connectivity index (χ0) is 13.8. The van der Waals surface area contributed by atoms with Crippen LogP contribution in [-0.2, 0) is 0 Å². The molecule has 0 radical (unpaired) electrons. The molecule has 6 heteroatoms. The number of halogens is 1. The van der Waals surface area contributed by atoms with E-state index < -0.39 is 5.97 Å². The monoisotopic (exact) mass is 322 g/mol. The summed E-state index contributed by atoms with van der Waals surface area (Å²) in [4.78, 5) is 14.9. The summed E-state index contributed by atoms with van der Waals surface area (Å²) in [6.45, 7) is 0. The van der Waals surface area contributed by atoms with Crippen molar-refractivity contribution in [2.75, 3.05) is 12.4 Å². The van der Waals surface area contributed by atoms with E-state index in [1.165, 1.54) is 12.4 Å². The van der Waals surface area contributed by atoms with Crippen LogP contribution in [0.2, 0.25) is 0 Å². The molecule has 1 aromatic carbocycles. The average Bonchev–Trinajstić information content (AvgIpc) is 2.39. The first-order valence-electron chi connectivity index (χ1n) is 5.39. The van der Waals surface area contributed by atoms with E-state index in [1.54, 1.807) is 19.2 Å². The van der Waals surface area contributed by atoms with Gasteiger partial charge in [0.1, 0.15) is 11.3 Å². The Morgan fingerprint density at radius 2 is 2.16 bits per heavy atom. The largest absolute Gasteiger partial charge is 0.495 e. The number of nitrogens with one attached hydrogen (secondary N) is 1. The highest BCUT2D eigenvalue weighted by Gasteiger charge is 2.12. The third kappa shape index (κ3) is 3.03. The number of aromatic carboxylic acids is 1. The molecule has 0 amide bonds. The summed E-state index contributed by atoms with van der Waals surface area (Å²) in [6, 6.07) is 7.04. The maximum absolute atomic E-state index is 11.1. The SMILES string of the molecule is COc1ccc(Br)cc1Nc1ccncc1C(=O)O. The molecule has 2 aromatic rings. The molecule has 0 atom stereocenters. The molecular formula is C13H11BrN2O3. The topological polar surface area (TPSA) is 71.5 Å². The molecule has 0 bridgehead atoms. The van der Waals surface area contributed by atoms with Crippen LogP contribution in [0.25, 0.3) is 0 Å². The Labute approximate surface area is 118 Å². The van der Waals surface area contributed by atoms with Crippen molar-refractivity contribution in [3.8, 4) is 5.75 Å². The molecular weight excluding hydrogens is 312 g/mol. The lowest BCUT2D eigenvalue weighted by Gasteiger charge is -2.13. The summed E-state index contributed by atoms with van der Waals surface area (Å²) >= 11 is 3.36. The number of methoxy groups -OCH3 is 1. The van der Waals surface area contributed by atoms with Crippen LogP contribution in [0, 0.1) is 0 Å². The number of aromatic nitrogens is 1. The van der Waals surface area contributed by atoms with Crippen molar-refractivity contribution in [2.24, 2.45) is 0 Å². The Bertz CT molecular complexity index is 617. The number of pyridine rings is 1. The second kappa shape index (κ2) is 5.71. The first-order valence-corrected chi connectivity index (χ1v) is 6.19. The highest BCUT2D eigenvalue weighted by Crippen LogP contribution is 2.31. The van der Waals surface area contributed by atoms with Gasteiger partial charge in [-0.25, -0.2) is 4.79 Å². The van der Waals surface area contributed by atoms with Crippen molar-refractivity contribution < 1.29 is 14.6 Å².